The summed E-state index contributed by atoms with van der Waals surface area (Å²) < 4.78 is 0. The minimum Gasteiger partial charge on any atom is -0.342 e. The standard InChI is InChI=1S/C14H24N2O/c17-14(8-13-6-1-2-7-15-13)16-9-11-4-3-5-12(11)10-16/h11-13,15H,1-10H2. The third-order valence-corrected chi connectivity index (χ3v) is 4.91. The summed E-state index contributed by atoms with van der Waals surface area (Å²) in [5.41, 5.74) is 0. The van der Waals surface area contributed by atoms with Gasteiger partial charge in [-0.2, -0.15) is 0 Å². The maximum Gasteiger partial charge on any atom is 0.224 e. The molecule has 3 unspecified atom stereocenters. The molecule has 3 rings (SSSR count). The van der Waals surface area contributed by atoms with Crippen molar-refractivity contribution < 1.29 is 4.79 Å². The van der Waals surface area contributed by atoms with Crippen molar-refractivity contribution in [2.75, 3.05) is 19.6 Å². The van der Waals surface area contributed by atoms with Crippen LogP contribution in [-0.4, -0.2) is 36.5 Å². The molecule has 0 bridgehead atoms. The fraction of sp³-hybridized carbons (Fsp3) is 0.929. The fourth-order valence-corrected chi connectivity index (χ4v) is 3.88. The molecular formula is C14H24N2O. The van der Waals surface area contributed by atoms with Gasteiger partial charge in [0.2, 0.25) is 5.91 Å². The zero-order chi connectivity index (χ0) is 11.7. The molecule has 0 spiro atoms. The average Bonchev–Trinajstić information content (AvgIpc) is 2.90. The Morgan fingerprint density at radius 3 is 2.47 bits per heavy atom. The topological polar surface area (TPSA) is 32.3 Å². The molecule has 2 heterocycles. The first kappa shape index (κ1) is 11.5. The van der Waals surface area contributed by atoms with Gasteiger partial charge >= 0.3 is 0 Å². The van der Waals surface area contributed by atoms with E-state index >= 15 is 0 Å². The van der Waals surface area contributed by atoms with E-state index in [9.17, 15) is 4.79 Å². The SMILES string of the molecule is O=C(CC1CCCCN1)N1CC2CCCC2C1. The van der Waals surface area contributed by atoms with Gasteiger partial charge in [0.25, 0.3) is 0 Å². The van der Waals surface area contributed by atoms with Gasteiger partial charge < -0.3 is 10.2 Å². The van der Waals surface area contributed by atoms with Gasteiger partial charge in [-0.1, -0.05) is 12.8 Å². The molecule has 17 heavy (non-hydrogen) atoms. The highest BCUT2D eigenvalue weighted by molar-refractivity contribution is 5.77. The number of nitrogens with zero attached hydrogens (tertiary/aromatic N) is 1. The summed E-state index contributed by atoms with van der Waals surface area (Å²) in [4.78, 5) is 14.4. The van der Waals surface area contributed by atoms with Crippen molar-refractivity contribution in [3.05, 3.63) is 0 Å². The first-order valence-corrected chi connectivity index (χ1v) is 7.34. The molecule has 3 aliphatic rings. The highest BCUT2D eigenvalue weighted by Crippen LogP contribution is 2.37. The summed E-state index contributed by atoms with van der Waals surface area (Å²) in [5, 5.41) is 3.48. The molecule has 3 fully saturated rings. The van der Waals surface area contributed by atoms with E-state index in [1.165, 1.54) is 38.5 Å². The number of likely N-dealkylation sites (tertiary alicyclic amines) is 1. The lowest BCUT2D eigenvalue weighted by Crippen LogP contribution is -2.40. The molecule has 0 aromatic carbocycles. The van der Waals surface area contributed by atoms with Gasteiger partial charge in [-0.25, -0.2) is 0 Å². The van der Waals surface area contributed by atoms with Crippen molar-refractivity contribution >= 4 is 5.91 Å². The van der Waals surface area contributed by atoms with E-state index in [1.54, 1.807) is 0 Å². The van der Waals surface area contributed by atoms with Crippen LogP contribution in [0.2, 0.25) is 0 Å². The van der Waals surface area contributed by atoms with Crippen LogP contribution in [0.3, 0.4) is 0 Å². The number of amides is 1. The van der Waals surface area contributed by atoms with Gasteiger partial charge in [0, 0.05) is 25.6 Å². The monoisotopic (exact) mass is 236 g/mol. The Kier molecular flexibility index (Phi) is 3.37. The summed E-state index contributed by atoms with van der Waals surface area (Å²) >= 11 is 0. The van der Waals surface area contributed by atoms with E-state index in [4.69, 9.17) is 0 Å². The van der Waals surface area contributed by atoms with E-state index in [2.05, 4.69) is 10.2 Å². The molecule has 0 radical (unpaired) electrons. The van der Waals surface area contributed by atoms with Gasteiger partial charge in [0.05, 0.1) is 0 Å². The maximum absolute atomic E-state index is 12.2. The van der Waals surface area contributed by atoms with E-state index in [-0.39, 0.29) is 0 Å². The summed E-state index contributed by atoms with van der Waals surface area (Å²) in [7, 11) is 0. The molecule has 96 valence electrons. The van der Waals surface area contributed by atoms with Crippen molar-refractivity contribution in [2.24, 2.45) is 11.8 Å². The number of fused-ring (bicyclic) bond motifs is 1. The second-order valence-electron chi connectivity index (χ2n) is 6.10. The smallest absolute Gasteiger partial charge is 0.224 e. The molecule has 1 amide bonds. The zero-order valence-electron chi connectivity index (χ0n) is 10.7. The number of hydrogen-bond donors (Lipinski definition) is 1. The number of piperidine rings is 1. The van der Waals surface area contributed by atoms with Crippen molar-refractivity contribution in [3.8, 4) is 0 Å². The van der Waals surface area contributed by atoms with Crippen LogP contribution in [0, 0.1) is 11.8 Å². The fourth-order valence-electron chi connectivity index (χ4n) is 3.88. The van der Waals surface area contributed by atoms with Crippen molar-refractivity contribution in [1.82, 2.24) is 10.2 Å². The molecule has 3 atom stereocenters. The van der Waals surface area contributed by atoms with Crippen LogP contribution in [-0.2, 0) is 4.79 Å². The minimum absolute atomic E-state index is 0.402. The molecule has 3 nitrogen and oxygen atoms in total. The molecule has 1 saturated carbocycles. The number of hydrogen-bond acceptors (Lipinski definition) is 2. The third-order valence-electron chi connectivity index (χ3n) is 4.91. The summed E-state index contributed by atoms with van der Waals surface area (Å²) in [6.45, 7) is 3.20. The van der Waals surface area contributed by atoms with E-state index in [1.807, 2.05) is 0 Å². The lowest BCUT2D eigenvalue weighted by molar-refractivity contribution is -0.131. The quantitative estimate of drug-likeness (QED) is 0.792. The Balaban J connectivity index is 1.49. The molecular weight excluding hydrogens is 212 g/mol. The van der Waals surface area contributed by atoms with Crippen LogP contribution >= 0.6 is 0 Å². The number of rotatable bonds is 2. The van der Waals surface area contributed by atoms with Crippen LogP contribution in [0.25, 0.3) is 0 Å². The molecule has 0 aromatic heterocycles. The normalized spacial score (nSPS) is 37.2. The number of nitrogens with one attached hydrogen (secondary N) is 1. The maximum atomic E-state index is 12.2. The largest absolute Gasteiger partial charge is 0.342 e. The van der Waals surface area contributed by atoms with E-state index < -0.39 is 0 Å². The third kappa shape index (κ3) is 2.49. The van der Waals surface area contributed by atoms with Gasteiger partial charge in [-0.05, 0) is 44.1 Å². The van der Waals surface area contributed by atoms with Crippen LogP contribution in [0.4, 0.5) is 0 Å². The van der Waals surface area contributed by atoms with Gasteiger partial charge in [0.15, 0.2) is 0 Å². The Labute approximate surface area is 104 Å². The number of carbonyl (C=O) groups excluding carboxylic acids is 1. The van der Waals surface area contributed by atoms with Gasteiger partial charge in [-0.3, -0.25) is 4.79 Å². The Morgan fingerprint density at radius 1 is 1.06 bits per heavy atom. The summed E-state index contributed by atoms with van der Waals surface area (Å²) in [6.07, 6.45) is 8.59. The van der Waals surface area contributed by atoms with Crippen LogP contribution < -0.4 is 5.32 Å². The zero-order valence-corrected chi connectivity index (χ0v) is 10.7. The second kappa shape index (κ2) is 4.97. The van der Waals surface area contributed by atoms with Crippen LogP contribution in [0.1, 0.15) is 44.9 Å². The van der Waals surface area contributed by atoms with Crippen LogP contribution in [0.5, 0.6) is 0 Å². The molecule has 2 aliphatic heterocycles. The van der Waals surface area contributed by atoms with E-state index in [0.717, 1.165) is 37.9 Å². The highest BCUT2D eigenvalue weighted by Gasteiger charge is 2.38. The average molecular weight is 236 g/mol. The lowest BCUT2D eigenvalue weighted by atomic mass is 10.0. The van der Waals surface area contributed by atoms with Crippen molar-refractivity contribution in [3.63, 3.8) is 0 Å². The molecule has 2 saturated heterocycles. The lowest BCUT2D eigenvalue weighted by Gasteiger charge is -2.25. The van der Waals surface area contributed by atoms with Crippen LogP contribution in [0.15, 0.2) is 0 Å². The van der Waals surface area contributed by atoms with Gasteiger partial charge in [-0.15, -0.1) is 0 Å². The first-order valence-electron chi connectivity index (χ1n) is 7.34. The van der Waals surface area contributed by atoms with E-state index in [0.29, 0.717) is 11.9 Å². The second-order valence-corrected chi connectivity index (χ2v) is 6.10. The van der Waals surface area contributed by atoms with Crippen molar-refractivity contribution in [1.29, 1.82) is 0 Å². The summed E-state index contributed by atoms with van der Waals surface area (Å²) in [5.74, 6) is 2.07. The highest BCUT2D eigenvalue weighted by atomic mass is 16.2. The Morgan fingerprint density at radius 2 is 1.82 bits per heavy atom. The van der Waals surface area contributed by atoms with Gasteiger partial charge in [0.1, 0.15) is 0 Å². The number of carbonyl (C=O) groups is 1. The molecule has 1 aliphatic carbocycles. The Bertz CT molecular complexity index is 274. The van der Waals surface area contributed by atoms with Crippen molar-refractivity contribution in [2.45, 2.75) is 51.0 Å². The minimum atomic E-state index is 0.402. The summed E-state index contributed by atoms with van der Waals surface area (Å²) in [6, 6.07) is 0.455. The molecule has 3 heteroatoms. The Hall–Kier alpha value is -0.570. The predicted octanol–water partition coefficient (Wildman–Crippen LogP) is 1.78. The molecule has 1 N–H and O–H groups in total. The first-order chi connectivity index (χ1) is 8.33. The predicted molar refractivity (Wildman–Crippen MR) is 67.7 cm³/mol. The molecule has 0 aromatic rings.